The van der Waals surface area contributed by atoms with Crippen molar-refractivity contribution in [3.05, 3.63) is 0 Å². The third-order valence-electron chi connectivity index (χ3n) is 2.72. The molecule has 0 aromatic heterocycles. The van der Waals surface area contributed by atoms with Gasteiger partial charge in [-0.05, 0) is 33.9 Å². The van der Waals surface area contributed by atoms with Crippen LogP contribution in [0.1, 0.15) is 19.8 Å². The van der Waals surface area contributed by atoms with Crippen molar-refractivity contribution in [3.63, 3.8) is 0 Å². The largest absolute Gasteiger partial charge is 0.368 e. The third kappa shape index (κ3) is 3.85. The van der Waals surface area contributed by atoms with E-state index < -0.39 is 23.4 Å². The van der Waals surface area contributed by atoms with Gasteiger partial charge in [0.1, 0.15) is 0 Å². The van der Waals surface area contributed by atoms with E-state index in [0.29, 0.717) is 12.8 Å². The fourth-order valence-electron chi connectivity index (χ4n) is 1.23. The molecule has 0 spiro atoms. The van der Waals surface area contributed by atoms with E-state index in [2.05, 4.69) is 10.6 Å². The Balaban J connectivity index is 4.33. The molecule has 0 radical (unpaired) electrons. The first-order valence-electron chi connectivity index (χ1n) is 4.82. The molecule has 0 saturated heterocycles. The smallest absolute Gasteiger partial charge is 0.237 e. The van der Waals surface area contributed by atoms with Crippen LogP contribution >= 0.6 is 0 Å². The van der Waals surface area contributed by atoms with Crippen LogP contribution in [-0.4, -0.2) is 37.5 Å². The highest BCUT2D eigenvalue weighted by atomic mass is 16.2. The minimum atomic E-state index is -0.801. The highest BCUT2D eigenvalue weighted by molar-refractivity contribution is 5.84. The number of carbonyl (C=O) groups excluding carboxylic acids is 2. The second kappa shape index (κ2) is 5.67. The number of likely N-dealkylation sites (N-methyl/N-ethyl adjacent to an activating group) is 2. The van der Waals surface area contributed by atoms with Crippen molar-refractivity contribution in [1.82, 2.24) is 10.6 Å². The van der Waals surface area contributed by atoms with Gasteiger partial charge in [-0.1, -0.05) is 0 Å². The van der Waals surface area contributed by atoms with Gasteiger partial charge in [0, 0.05) is 0 Å². The average molecular weight is 216 g/mol. The second-order valence-electron chi connectivity index (χ2n) is 3.73. The maximum Gasteiger partial charge on any atom is 0.237 e. The van der Waals surface area contributed by atoms with Crippen LogP contribution in [0.15, 0.2) is 0 Å². The summed E-state index contributed by atoms with van der Waals surface area (Å²) in [5.74, 6) is -0.871. The van der Waals surface area contributed by atoms with Crippen LogP contribution in [-0.2, 0) is 9.59 Å². The number of rotatable bonds is 7. The molecule has 88 valence electrons. The third-order valence-corrected chi connectivity index (χ3v) is 2.72. The van der Waals surface area contributed by atoms with E-state index in [-0.39, 0.29) is 0 Å². The van der Waals surface area contributed by atoms with E-state index in [0.717, 1.165) is 0 Å². The van der Waals surface area contributed by atoms with E-state index in [1.807, 2.05) is 0 Å². The molecule has 6 N–H and O–H groups in total. The van der Waals surface area contributed by atoms with Crippen LogP contribution in [0, 0.1) is 0 Å². The summed E-state index contributed by atoms with van der Waals surface area (Å²) in [4.78, 5) is 22.1. The van der Waals surface area contributed by atoms with E-state index in [4.69, 9.17) is 11.5 Å². The average Bonchev–Trinajstić information content (AvgIpc) is 2.17. The first-order valence-corrected chi connectivity index (χ1v) is 4.82. The molecule has 2 unspecified atom stereocenters. The molecule has 0 aromatic rings. The van der Waals surface area contributed by atoms with Gasteiger partial charge in [-0.25, -0.2) is 0 Å². The molecule has 6 nitrogen and oxygen atoms in total. The van der Waals surface area contributed by atoms with Gasteiger partial charge in [-0.3, -0.25) is 9.59 Å². The number of primary amides is 2. The molecule has 0 heterocycles. The van der Waals surface area contributed by atoms with Crippen molar-refractivity contribution in [2.24, 2.45) is 11.5 Å². The van der Waals surface area contributed by atoms with Crippen LogP contribution in [0.3, 0.4) is 0 Å². The molecule has 0 fully saturated rings. The Bertz CT molecular complexity index is 244. The Morgan fingerprint density at radius 1 is 1.33 bits per heavy atom. The van der Waals surface area contributed by atoms with Gasteiger partial charge in [0.05, 0.1) is 11.6 Å². The number of hydrogen-bond acceptors (Lipinski definition) is 4. The highest BCUT2D eigenvalue weighted by Crippen LogP contribution is 2.12. The van der Waals surface area contributed by atoms with Crippen molar-refractivity contribution in [1.29, 1.82) is 0 Å². The van der Waals surface area contributed by atoms with Crippen molar-refractivity contribution < 1.29 is 9.59 Å². The minimum Gasteiger partial charge on any atom is -0.368 e. The Labute approximate surface area is 89.8 Å². The van der Waals surface area contributed by atoms with E-state index in [9.17, 15) is 9.59 Å². The zero-order chi connectivity index (χ0) is 12.1. The number of nitrogens with two attached hydrogens (primary N) is 2. The molecule has 0 rings (SSSR count). The summed E-state index contributed by atoms with van der Waals surface area (Å²) < 4.78 is 0. The highest BCUT2D eigenvalue weighted by Gasteiger charge is 2.30. The lowest BCUT2D eigenvalue weighted by Crippen LogP contribution is -2.52. The van der Waals surface area contributed by atoms with E-state index >= 15 is 0 Å². The monoisotopic (exact) mass is 216 g/mol. The van der Waals surface area contributed by atoms with Crippen molar-refractivity contribution >= 4 is 11.8 Å². The van der Waals surface area contributed by atoms with Crippen molar-refractivity contribution in [3.8, 4) is 0 Å². The Hall–Kier alpha value is -1.14. The number of amides is 2. The molecule has 0 aliphatic rings. The molecule has 15 heavy (non-hydrogen) atoms. The molecule has 0 aliphatic heterocycles. The molecular weight excluding hydrogens is 196 g/mol. The lowest BCUT2D eigenvalue weighted by Gasteiger charge is -2.26. The molecule has 2 atom stereocenters. The summed E-state index contributed by atoms with van der Waals surface area (Å²) in [6.07, 6.45) is 0.916. The van der Waals surface area contributed by atoms with Gasteiger partial charge in [0.2, 0.25) is 11.8 Å². The Kier molecular flexibility index (Phi) is 5.24. The van der Waals surface area contributed by atoms with Crippen LogP contribution in [0.25, 0.3) is 0 Å². The van der Waals surface area contributed by atoms with E-state index in [1.165, 1.54) is 0 Å². The van der Waals surface area contributed by atoms with Crippen LogP contribution in [0.5, 0.6) is 0 Å². The maximum atomic E-state index is 11.1. The summed E-state index contributed by atoms with van der Waals surface area (Å²) >= 11 is 0. The maximum absolute atomic E-state index is 11.1. The SMILES string of the molecule is CNC(CCC(C)(NC)C(N)=O)C(N)=O. The van der Waals surface area contributed by atoms with E-state index in [1.54, 1.807) is 21.0 Å². The van der Waals surface area contributed by atoms with Gasteiger partial charge in [0.25, 0.3) is 0 Å². The molecule has 0 aromatic carbocycles. The van der Waals surface area contributed by atoms with Gasteiger partial charge in [-0.2, -0.15) is 0 Å². The molecular formula is C9H20N4O2. The lowest BCUT2D eigenvalue weighted by molar-refractivity contribution is -0.125. The summed E-state index contributed by atoms with van der Waals surface area (Å²) in [6, 6.07) is -0.433. The van der Waals surface area contributed by atoms with Crippen molar-refractivity contribution in [2.45, 2.75) is 31.3 Å². The minimum absolute atomic E-state index is 0.430. The van der Waals surface area contributed by atoms with Gasteiger partial charge < -0.3 is 22.1 Å². The predicted molar refractivity (Wildman–Crippen MR) is 57.9 cm³/mol. The number of carbonyl (C=O) groups is 2. The predicted octanol–water partition coefficient (Wildman–Crippen LogP) is -1.70. The van der Waals surface area contributed by atoms with Gasteiger partial charge in [-0.15, -0.1) is 0 Å². The lowest BCUT2D eigenvalue weighted by atomic mass is 9.92. The zero-order valence-electron chi connectivity index (χ0n) is 9.46. The Morgan fingerprint density at radius 3 is 2.13 bits per heavy atom. The molecule has 6 heteroatoms. The first-order chi connectivity index (χ1) is 6.87. The first kappa shape index (κ1) is 13.9. The standard InChI is InChI=1S/C9H20N4O2/c1-9(13-3,8(11)15)5-4-6(12-2)7(10)14/h6,12-13H,4-5H2,1-3H3,(H2,10,14)(H2,11,15). The molecule has 2 amide bonds. The number of nitrogens with one attached hydrogen (secondary N) is 2. The zero-order valence-corrected chi connectivity index (χ0v) is 9.46. The van der Waals surface area contributed by atoms with Gasteiger partial charge in [0.15, 0.2) is 0 Å². The quantitative estimate of drug-likeness (QED) is 0.406. The topological polar surface area (TPSA) is 110 Å². The summed E-state index contributed by atoms with van der Waals surface area (Å²) in [5, 5.41) is 5.62. The summed E-state index contributed by atoms with van der Waals surface area (Å²) in [5.41, 5.74) is 9.60. The number of hydrogen-bond donors (Lipinski definition) is 4. The van der Waals surface area contributed by atoms with Crippen LogP contribution < -0.4 is 22.1 Å². The normalized spacial score (nSPS) is 16.7. The second-order valence-corrected chi connectivity index (χ2v) is 3.73. The molecule has 0 aliphatic carbocycles. The summed E-state index contributed by atoms with van der Waals surface area (Å²) in [6.45, 7) is 1.70. The summed E-state index contributed by atoms with van der Waals surface area (Å²) in [7, 11) is 3.31. The van der Waals surface area contributed by atoms with Crippen LogP contribution in [0.4, 0.5) is 0 Å². The molecule has 0 bridgehead atoms. The van der Waals surface area contributed by atoms with Gasteiger partial charge >= 0.3 is 0 Å². The fourth-order valence-corrected chi connectivity index (χ4v) is 1.23. The van der Waals surface area contributed by atoms with Crippen molar-refractivity contribution in [2.75, 3.05) is 14.1 Å². The van der Waals surface area contributed by atoms with Crippen LogP contribution in [0.2, 0.25) is 0 Å². The Morgan fingerprint density at radius 2 is 1.87 bits per heavy atom. The fraction of sp³-hybridized carbons (Fsp3) is 0.778. The molecule has 0 saturated carbocycles.